The van der Waals surface area contributed by atoms with Crippen molar-refractivity contribution in [1.29, 1.82) is 0 Å². The van der Waals surface area contributed by atoms with E-state index in [2.05, 4.69) is 31.9 Å². The third kappa shape index (κ3) is 2.99. The van der Waals surface area contributed by atoms with E-state index in [-0.39, 0.29) is 5.56 Å². The molecule has 0 heterocycles. The fourth-order valence-corrected chi connectivity index (χ4v) is 2.83. The van der Waals surface area contributed by atoms with Crippen molar-refractivity contribution >= 4 is 37.6 Å². The van der Waals surface area contributed by atoms with Crippen molar-refractivity contribution in [2.75, 3.05) is 0 Å². The topological polar surface area (TPSA) is 17.1 Å². The maximum Gasteiger partial charge on any atom is 0.200 e. The van der Waals surface area contributed by atoms with Gasteiger partial charge in [0.05, 0.1) is 5.56 Å². The van der Waals surface area contributed by atoms with Gasteiger partial charge in [-0.25, -0.2) is 8.78 Å². The maximum atomic E-state index is 13.8. The number of hydrogen-bond donors (Lipinski definition) is 0. The average molecular weight is 404 g/mol. The van der Waals surface area contributed by atoms with Gasteiger partial charge >= 0.3 is 0 Å². The first-order chi connectivity index (χ1) is 9.43. The largest absolute Gasteiger partial charge is 0.288 e. The van der Waals surface area contributed by atoms with Crippen LogP contribution in [0.3, 0.4) is 0 Å². The third-order valence-corrected chi connectivity index (χ3v) is 4.15. The molecule has 0 bridgehead atoms. The van der Waals surface area contributed by atoms with E-state index in [0.717, 1.165) is 17.7 Å². The molecule has 0 radical (unpaired) electrons. The molecule has 0 N–H and O–H groups in total. The highest BCUT2D eigenvalue weighted by Crippen LogP contribution is 2.25. The number of benzene rings is 2. The Morgan fingerprint density at radius 2 is 1.75 bits per heavy atom. The van der Waals surface area contributed by atoms with Gasteiger partial charge in [0, 0.05) is 15.4 Å². The van der Waals surface area contributed by atoms with Crippen molar-refractivity contribution in [3.05, 3.63) is 68.7 Å². The zero-order chi connectivity index (χ0) is 14.9. The van der Waals surface area contributed by atoms with Crippen molar-refractivity contribution in [3.8, 4) is 0 Å². The maximum absolute atomic E-state index is 13.8. The molecular formula is C15H10Br2F2O. The van der Waals surface area contributed by atoms with E-state index < -0.39 is 23.0 Å². The number of carbonyl (C=O) groups is 1. The molecule has 2 aromatic rings. The van der Waals surface area contributed by atoms with Crippen molar-refractivity contribution in [2.45, 2.75) is 12.3 Å². The van der Waals surface area contributed by atoms with Crippen molar-refractivity contribution in [2.24, 2.45) is 0 Å². The van der Waals surface area contributed by atoms with Crippen LogP contribution in [-0.2, 0) is 5.33 Å². The molecule has 2 rings (SSSR count). The predicted molar refractivity (Wildman–Crippen MR) is 81.3 cm³/mol. The number of alkyl halides is 1. The molecule has 0 unspecified atom stereocenters. The normalized spacial score (nSPS) is 10.7. The van der Waals surface area contributed by atoms with Gasteiger partial charge in [0.25, 0.3) is 0 Å². The standard InChI is InChI=1S/C15H10Br2F2O/c1-8-4-12(18)14(13(19)5-8)15(20)10-3-2-9(7-16)6-11(10)17/h2-6H,7H2,1H3. The Balaban J connectivity index is 2.52. The van der Waals surface area contributed by atoms with Crippen LogP contribution in [0, 0.1) is 18.6 Å². The van der Waals surface area contributed by atoms with Crippen LogP contribution in [0.25, 0.3) is 0 Å². The van der Waals surface area contributed by atoms with E-state index >= 15 is 0 Å². The quantitative estimate of drug-likeness (QED) is 0.510. The first kappa shape index (κ1) is 15.3. The van der Waals surface area contributed by atoms with Crippen LogP contribution in [-0.4, -0.2) is 5.78 Å². The minimum atomic E-state index is -0.844. The fourth-order valence-electron chi connectivity index (χ4n) is 1.88. The first-order valence-electron chi connectivity index (χ1n) is 5.78. The zero-order valence-electron chi connectivity index (χ0n) is 10.5. The summed E-state index contributed by atoms with van der Waals surface area (Å²) in [6, 6.07) is 7.33. The van der Waals surface area contributed by atoms with Crippen molar-refractivity contribution < 1.29 is 13.6 Å². The Bertz CT molecular complexity index is 661. The lowest BCUT2D eigenvalue weighted by Gasteiger charge is -2.08. The van der Waals surface area contributed by atoms with E-state index in [4.69, 9.17) is 0 Å². The van der Waals surface area contributed by atoms with E-state index in [1.54, 1.807) is 25.1 Å². The van der Waals surface area contributed by atoms with Gasteiger partial charge in [-0.1, -0.05) is 37.9 Å². The minimum absolute atomic E-state index is 0.233. The summed E-state index contributed by atoms with van der Waals surface area (Å²) in [5.41, 5.74) is 1.10. The lowest BCUT2D eigenvalue weighted by atomic mass is 10.00. The molecular weight excluding hydrogens is 394 g/mol. The van der Waals surface area contributed by atoms with Gasteiger partial charge in [-0.2, -0.15) is 0 Å². The van der Waals surface area contributed by atoms with Gasteiger partial charge in [-0.05, 0) is 42.3 Å². The minimum Gasteiger partial charge on any atom is -0.288 e. The summed E-state index contributed by atoms with van der Waals surface area (Å²) in [6.45, 7) is 1.57. The van der Waals surface area contributed by atoms with Gasteiger partial charge in [-0.3, -0.25) is 4.79 Å². The molecule has 0 aliphatic rings. The molecule has 0 aromatic heterocycles. The molecule has 20 heavy (non-hydrogen) atoms. The summed E-state index contributed by atoms with van der Waals surface area (Å²) in [7, 11) is 0. The molecule has 2 aromatic carbocycles. The molecule has 5 heteroatoms. The molecule has 0 atom stereocenters. The van der Waals surface area contributed by atoms with Crippen LogP contribution in [0.4, 0.5) is 8.78 Å². The Hall–Kier alpha value is -1.07. The number of rotatable bonds is 3. The van der Waals surface area contributed by atoms with Crippen LogP contribution >= 0.6 is 31.9 Å². The lowest BCUT2D eigenvalue weighted by Crippen LogP contribution is -2.09. The molecule has 104 valence electrons. The van der Waals surface area contributed by atoms with Crippen molar-refractivity contribution in [1.82, 2.24) is 0 Å². The highest BCUT2D eigenvalue weighted by molar-refractivity contribution is 9.10. The molecule has 1 nitrogen and oxygen atoms in total. The van der Waals surface area contributed by atoms with Gasteiger partial charge in [-0.15, -0.1) is 0 Å². The Morgan fingerprint density at radius 3 is 2.25 bits per heavy atom. The average Bonchev–Trinajstić information content (AvgIpc) is 2.37. The van der Waals surface area contributed by atoms with Crippen LogP contribution < -0.4 is 0 Å². The molecule has 0 aliphatic carbocycles. The smallest absolute Gasteiger partial charge is 0.200 e. The Morgan fingerprint density at radius 1 is 1.15 bits per heavy atom. The van der Waals surface area contributed by atoms with Crippen LogP contribution in [0.15, 0.2) is 34.8 Å². The highest BCUT2D eigenvalue weighted by Gasteiger charge is 2.21. The molecule has 0 fully saturated rings. The van der Waals surface area contributed by atoms with Gasteiger partial charge < -0.3 is 0 Å². The van der Waals surface area contributed by atoms with Crippen molar-refractivity contribution in [3.63, 3.8) is 0 Å². The Labute approximate surface area is 132 Å². The van der Waals surface area contributed by atoms with Gasteiger partial charge in [0.2, 0.25) is 0 Å². The Kier molecular flexibility index (Phi) is 4.70. The van der Waals surface area contributed by atoms with E-state index in [1.807, 2.05) is 0 Å². The summed E-state index contributed by atoms with van der Waals surface area (Å²) < 4.78 is 28.2. The van der Waals surface area contributed by atoms with Crippen LogP contribution in [0.1, 0.15) is 27.0 Å². The number of halogens is 4. The SMILES string of the molecule is Cc1cc(F)c(C(=O)c2ccc(CBr)cc2Br)c(F)c1. The molecule has 0 saturated heterocycles. The molecule has 0 amide bonds. The van der Waals surface area contributed by atoms with E-state index in [9.17, 15) is 13.6 Å². The summed E-state index contributed by atoms with van der Waals surface area (Å²) in [6.07, 6.45) is 0. The van der Waals surface area contributed by atoms with Crippen LogP contribution in [0.5, 0.6) is 0 Å². The number of hydrogen-bond acceptors (Lipinski definition) is 1. The van der Waals surface area contributed by atoms with E-state index in [1.165, 1.54) is 0 Å². The number of ketones is 1. The molecule has 0 spiro atoms. The fraction of sp³-hybridized carbons (Fsp3) is 0.133. The number of aryl methyl sites for hydroxylation is 1. The second-order valence-electron chi connectivity index (χ2n) is 4.38. The molecule has 0 saturated carbocycles. The monoisotopic (exact) mass is 402 g/mol. The van der Waals surface area contributed by atoms with E-state index in [0.29, 0.717) is 15.4 Å². The second-order valence-corrected chi connectivity index (χ2v) is 5.80. The summed E-state index contributed by atoms with van der Waals surface area (Å²) in [4.78, 5) is 12.3. The zero-order valence-corrected chi connectivity index (χ0v) is 13.7. The highest BCUT2D eigenvalue weighted by atomic mass is 79.9. The summed E-state index contributed by atoms with van der Waals surface area (Å²) in [5, 5.41) is 0.632. The van der Waals surface area contributed by atoms with Gasteiger partial charge in [0.15, 0.2) is 5.78 Å². The van der Waals surface area contributed by atoms with Gasteiger partial charge in [0.1, 0.15) is 11.6 Å². The summed E-state index contributed by atoms with van der Waals surface area (Å²) in [5.74, 6) is -2.36. The summed E-state index contributed by atoms with van der Waals surface area (Å²) >= 11 is 6.57. The second kappa shape index (κ2) is 6.14. The molecule has 0 aliphatic heterocycles. The predicted octanol–water partition coefficient (Wildman–Crippen LogP) is 5.16. The first-order valence-corrected chi connectivity index (χ1v) is 7.70. The lowest BCUT2D eigenvalue weighted by molar-refractivity contribution is 0.103. The number of carbonyl (C=O) groups excluding carboxylic acids is 1. The third-order valence-electron chi connectivity index (χ3n) is 2.85. The van der Waals surface area contributed by atoms with Crippen LogP contribution in [0.2, 0.25) is 0 Å².